The number of Topliss-reactive ketones (excluding diaryl/α,β-unsaturated/α-hetero) is 1. The molecule has 1 amide bonds. The normalized spacial score (nSPS) is 19.7. The number of ketones is 1. The lowest BCUT2D eigenvalue weighted by Crippen LogP contribution is -2.46. The number of likely N-dealkylation sites (tertiary alicyclic amines) is 1. The summed E-state index contributed by atoms with van der Waals surface area (Å²) in [7, 11) is 0. The molecule has 7 nitrogen and oxygen atoms in total. The molecule has 3 aliphatic rings. The molecular weight excluding hydrogens is 366 g/mol. The van der Waals surface area contributed by atoms with Gasteiger partial charge in [0.05, 0.1) is 24.0 Å². The van der Waals surface area contributed by atoms with E-state index in [9.17, 15) is 9.59 Å². The largest absolute Gasteiger partial charge is 0.339 e. The Balaban J connectivity index is 1.31. The summed E-state index contributed by atoms with van der Waals surface area (Å²) < 4.78 is 1.85. The number of amides is 1. The first kappa shape index (κ1) is 18.2. The van der Waals surface area contributed by atoms with E-state index in [0.717, 1.165) is 41.8 Å². The van der Waals surface area contributed by atoms with Crippen LogP contribution in [0.3, 0.4) is 0 Å². The van der Waals surface area contributed by atoms with Crippen molar-refractivity contribution >= 4 is 17.9 Å². The Kier molecular flexibility index (Phi) is 4.15. The monoisotopic (exact) mass is 391 g/mol. The SMILES string of the molecule is CC(C)n1ncc2c1C(=O)CC1(CCN(C(=O)c3cnc4c(c3)C=NC4)CC1)C2. The minimum Gasteiger partial charge on any atom is -0.339 e. The van der Waals surface area contributed by atoms with Crippen LogP contribution in [0.25, 0.3) is 0 Å². The van der Waals surface area contributed by atoms with Gasteiger partial charge in [0, 0.05) is 49.1 Å². The molecule has 0 aromatic carbocycles. The second kappa shape index (κ2) is 6.61. The molecule has 0 bridgehead atoms. The summed E-state index contributed by atoms with van der Waals surface area (Å²) in [6.07, 6.45) is 8.43. The van der Waals surface area contributed by atoms with Gasteiger partial charge < -0.3 is 4.90 Å². The Morgan fingerprint density at radius 3 is 2.72 bits per heavy atom. The Hall–Kier alpha value is -2.83. The highest BCUT2D eigenvalue weighted by atomic mass is 16.2. The van der Waals surface area contributed by atoms with Crippen molar-refractivity contribution in [1.29, 1.82) is 0 Å². The number of hydrogen-bond donors (Lipinski definition) is 0. The zero-order valence-corrected chi connectivity index (χ0v) is 16.9. The number of aromatic nitrogens is 3. The summed E-state index contributed by atoms with van der Waals surface area (Å²) in [5.74, 6) is 0.213. The maximum absolute atomic E-state index is 13.0. The molecule has 0 atom stereocenters. The van der Waals surface area contributed by atoms with Crippen LogP contribution in [-0.2, 0) is 13.0 Å². The summed E-state index contributed by atoms with van der Waals surface area (Å²) in [6.45, 7) is 6.04. The molecule has 0 N–H and O–H groups in total. The molecule has 1 fully saturated rings. The van der Waals surface area contributed by atoms with E-state index in [1.54, 1.807) is 12.4 Å². The van der Waals surface area contributed by atoms with Crippen LogP contribution in [-0.4, -0.2) is 50.7 Å². The summed E-state index contributed by atoms with van der Waals surface area (Å²) in [5.41, 5.74) is 4.30. The summed E-state index contributed by atoms with van der Waals surface area (Å²) >= 11 is 0. The number of aliphatic imine (C=N–C) groups is 1. The van der Waals surface area contributed by atoms with Crippen molar-refractivity contribution in [2.75, 3.05) is 13.1 Å². The zero-order chi connectivity index (χ0) is 20.2. The van der Waals surface area contributed by atoms with E-state index in [-0.39, 0.29) is 23.1 Å². The van der Waals surface area contributed by atoms with E-state index in [0.29, 0.717) is 31.6 Å². The highest BCUT2D eigenvalue weighted by Crippen LogP contribution is 2.44. The number of nitrogens with zero attached hydrogens (tertiary/aromatic N) is 5. The van der Waals surface area contributed by atoms with Gasteiger partial charge in [-0.2, -0.15) is 5.10 Å². The van der Waals surface area contributed by atoms with Crippen LogP contribution in [0.5, 0.6) is 0 Å². The predicted molar refractivity (Wildman–Crippen MR) is 108 cm³/mol. The molecule has 2 aromatic heterocycles. The van der Waals surface area contributed by atoms with Gasteiger partial charge in [-0.05, 0) is 44.6 Å². The zero-order valence-electron chi connectivity index (χ0n) is 16.9. The number of fused-ring (bicyclic) bond motifs is 2. The molecule has 5 rings (SSSR count). The number of hydrogen-bond acceptors (Lipinski definition) is 5. The van der Waals surface area contributed by atoms with Crippen molar-refractivity contribution < 1.29 is 9.59 Å². The van der Waals surface area contributed by atoms with Crippen molar-refractivity contribution in [3.63, 3.8) is 0 Å². The fourth-order valence-electron chi connectivity index (χ4n) is 4.94. The Labute approximate surface area is 169 Å². The molecule has 0 saturated carbocycles. The lowest BCUT2D eigenvalue weighted by atomic mass is 9.67. The fraction of sp³-hybridized carbons (Fsp3) is 0.500. The first-order chi connectivity index (χ1) is 14.0. The van der Waals surface area contributed by atoms with Gasteiger partial charge in [0.25, 0.3) is 5.91 Å². The Morgan fingerprint density at radius 1 is 1.17 bits per heavy atom. The molecule has 7 heteroatoms. The van der Waals surface area contributed by atoms with E-state index >= 15 is 0 Å². The summed E-state index contributed by atoms with van der Waals surface area (Å²) in [4.78, 5) is 36.4. The van der Waals surface area contributed by atoms with Crippen LogP contribution >= 0.6 is 0 Å². The van der Waals surface area contributed by atoms with Crippen LogP contribution in [0.15, 0.2) is 23.5 Å². The maximum atomic E-state index is 13.0. The molecule has 29 heavy (non-hydrogen) atoms. The minimum absolute atomic E-state index is 0.0194. The van der Waals surface area contributed by atoms with Crippen molar-refractivity contribution in [3.8, 4) is 0 Å². The van der Waals surface area contributed by atoms with E-state index in [1.807, 2.05) is 21.8 Å². The second-order valence-corrected chi connectivity index (χ2v) is 8.86. The van der Waals surface area contributed by atoms with Crippen LogP contribution in [0.1, 0.15) is 76.8 Å². The standard InChI is InChI=1S/C22H25N5O2/c1-14(2)27-20-17(12-25-27)8-22(9-19(20)28)3-5-26(6-4-22)21(29)16-7-15-10-23-13-18(15)24-11-16/h7,10-12,14H,3-6,8-9,13H2,1-2H3. The summed E-state index contributed by atoms with van der Waals surface area (Å²) in [6, 6.07) is 2.07. The minimum atomic E-state index is -0.0471. The highest BCUT2D eigenvalue weighted by Gasteiger charge is 2.43. The van der Waals surface area contributed by atoms with Gasteiger partial charge >= 0.3 is 0 Å². The average Bonchev–Trinajstić information content (AvgIpc) is 3.34. The molecule has 2 aliphatic heterocycles. The van der Waals surface area contributed by atoms with Gasteiger partial charge in [0.15, 0.2) is 5.78 Å². The van der Waals surface area contributed by atoms with Crippen LogP contribution < -0.4 is 0 Å². The van der Waals surface area contributed by atoms with Crippen molar-refractivity contribution in [3.05, 3.63) is 46.5 Å². The van der Waals surface area contributed by atoms with E-state index in [4.69, 9.17) is 0 Å². The predicted octanol–water partition coefficient (Wildman–Crippen LogP) is 2.84. The van der Waals surface area contributed by atoms with Crippen molar-refractivity contribution in [2.45, 2.75) is 52.1 Å². The smallest absolute Gasteiger partial charge is 0.255 e. The maximum Gasteiger partial charge on any atom is 0.255 e. The third kappa shape index (κ3) is 2.99. The van der Waals surface area contributed by atoms with Crippen LogP contribution in [0.2, 0.25) is 0 Å². The molecule has 1 spiro atoms. The third-order valence-electron chi connectivity index (χ3n) is 6.56. The molecule has 0 radical (unpaired) electrons. The highest BCUT2D eigenvalue weighted by molar-refractivity contribution is 5.98. The topological polar surface area (TPSA) is 80.5 Å². The van der Waals surface area contributed by atoms with Gasteiger partial charge in [-0.1, -0.05) is 0 Å². The molecule has 1 aliphatic carbocycles. The number of rotatable bonds is 2. The van der Waals surface area contributed by atoms with Crippen LogP contribution in [0, 0.1) is 5.41 Å². The lowest BCUT2D eigenvalue weighted by Gasteiger charge is -2.43. The second-order valence-electron chi connectivity index (χ2n) is 8.86. The van der Waals surface area contributed by atoms with E-state index in [1.165, 1.54) is 0 Å². The molecular formula is C22H25N5O2. The number of carbonyl (C=O) groups excluding carboxylic acids is 2. The quantitative estimate of drug-likeness (QED) is 0.788. The van der Waals surface area contributed by atoms with Crippen LogP contribution in [0.4, 0.5) is 0 Å². The van der Waals surface area contributed by atoms with E-state index in [2.05, 4.69) is 28.9 Å². The molecule has 4 heterocycles. The van der Waals surface area contributed by atoms with E-state index < -0.39 is 0 Å². The van der Waals surface area contributed by atoms with Crippen molar-refractivity contribution in [2.24, 2.45) is 10.4 Å². The third-order valence-corrected chi connectivity index (χ3v) is 6.56. The molecule has 2 aromatic rings. The van der Waals surface area contributed by atoms with Gasteiger partial charge in [-0.3, -0.25) is 24.2 Å². The van der Waals surface area contributed by atoms with Gasteiger partial charge in [-0.15, -0.1) is 0 Å². The fourth-order valence-corrected chi connectivity index (χ4v) is 4.94. The summed E-state index contributed by atoms with van der Waals surface area (Å²) in [5, 5.41) is 4.45. The first-order valence-electron chi connectivity index (χ1n) is 10.3. The van der Waals surface area contributed by atoms with Crippen molar-refractivity contribution in [1.82, 2.24) is 19.7 Å². The number of carbonyl (C=O) groups is 2. The average molecular weight is 391 g/mol. The first-order valence-corrected chi connectivity index (χ1v) is 10.3. The molecule has 1 saturated heterocycles. The van der Waals surface area contributed by atoms with Gasteiger partial charge in [-0.25, -0.2) is 0 Å². The number of piperidine rings is 1. The Morgan fingerprint density at radius 2 is 1.97 bits per heavy atom. The lowest BCUT2D eigenvalue weighted by molar-refractivity contribution is 0.0517. The van der Waals surface area contributed by atoms with Gasteiger partial charge in [0.1, 0.15) is 5.69 Å². The molecule has 0 unspecified atom stereocenters. The Bertz CT molecular complexity index is 1030. The molecule has 150 valence electrons. The van der Waals surface area contributed by atoms with Gasteiger partial charge in [0.2, 0.25) is 0 Å². The number of pyridine rings is 1.